The zero-order valence-corrected chi connectivity index (χ0v) is 13.5. The van der Waals surface area contributed by atoms with Gasteiger partial charge in [0.25, 0.3) is 5.69 Å². The maximum Gasteiger partial charge on any atom is 0.288 e. The number of benzene rings is 1. The molecule has 0 radical (unpaired) electrons. The number of nitro groups is 1. The largest absolute Gasteiger partial charge is 0.382 e. The Kier molecular flexibility index (Phi) is 5.06. The molecule has 0 amide bonds. The summed E-state index contributed by atoms with van der Waals surface area (Å²) in [5.74, 6) is 0.620. The fourth-order valence-corrected chi connectivity index (χ4v) is 3.09. The number of hydrogen-bond acceptors (Lipinski definition) is 4. The highest BCUT2D eigenvalue weighted by molar-refractivity contribution is 6.33. The molecule has 6 heteroatoms. The minimum atomic E-state index is -0.445. The van der Waals surface area contributed by atoms with Gasteiger partial charge in [0.15, 0.2) is 0 Å². The van der Waals surface area contributed by atoms with Crippen LogP contribution in [0.4, 0.5) is 11.4 Å². The van der Waals surface area contributed by atoms with Gasteiger partial charge in [0.05, 0.1) is 4.92 Å². The molecule has 1 aromatic carbocycles. The van der Waals surface area contributed by atoms with Gasteiger partial charge in [-0.05, 0) is 64.4 Å². The smallest absolute Gasteiger partial charge is 0.288 e. The molecule has 21 heavy (non-hydrogen) atoms. The molecule has 1 aliphatic rings. The van der Waals surface area contributed by atoms with Crippen LogP contribution >= 0.6 is 11.6 Å². The first-order valence-electron chi connectivity index (χ1n) is 7.28. The normalized spacial score (nSPS) is 18.5. The molecule has 1 unspecified atom stereocenters. The van der Waals surface area contributed by atoms with Crippen LogP contribution in [0.25, 0.3) is 0 Å². The molecular formula is C15H22ClN3O2. The highest BCUT2D eigenvalue weighted by Crippen LogP contribution is 2.32. The van der Waals surface area contributed by atoms with E-state index in [9.17, 15) is 10.1 Å². The first-order chi connectivity index (χ1) is 9.88. The van der Waals surface area contributed by atoms with E-state index in [4.69, 9.17) is 11.6 Å². The van der Waals surface area contributed by atoms with Crippen molar-refractivity contribution in [3.63, 3.8) is 0 Å². The third kappa shape index (κ3) is 3.86. The van der Waals surface area contributed by atoms with Crippen molar-refractivity contribution in [2.24, 2.45) is 5.92 Å². The Labute approximate surface area is 130 Å². The van der Waals surface area contributed by atoms with Crippen LogP contribution in [0.3, 0.4) is 0 Å². The summed E-state index contributed by atoms with van der Waals surface area (Å²) in [6.07, 6.45) is 2.34. The van der Waals surface area contributed by atoms with Crippen molar-refractivity contribution in [2.45, 2.75) is 32.7 Å². The molecular weight excluding hydrogens is 290 g/mol. The van der Waals surface area contributed by atoms with E-state index in [0.29, 0.717) is 12.0 Å². The fourth-order valence-electron chi connectivity index (χ4n) is 2.85. The third-order valence-corrected chi connectivity index (χ3v) is 4.65. The van der Waals surface area contributed by atoms with Crippen molar-refractivity contribution in [2.75, 3.05) is 25.5 Å². The van der Waals surface area contributed by atoms with Crippen LogP contribution in [0, 0.1) is 23.0 Å². The predicted octanol–water partition coefficient (Wildman–Crippen LogP) is 3.70. The van der Waals surface area contributed by atoms with Gasteiger partial charge in [0.2, 0.25) is 0 Å². The van der Waals surface area contributed by atoms with Gasteiger partial charge < -0.3 is 10.2 Å². The van der Waals surface area contributed by atoms with Crippen LogP contribution in [-0.2, 0) is 0 Å². The van der Waals surface area contributed by atoms with Crippen molar-refractivity contribution < 1.29 is 4.92 Å². The van der Waals surface area contributed by atoms with E-state index in [0.717, 1.165) is 24.3 Å². The molecule has 1 N–H and O–H groups in total. The van der Waals surface area contributed by atoms with Crippen molar-refractivity contribution in [1.29, 1.82) is 0 Å². The van der Waals surface area contributed by atoms with E-state index in [2.05, 4.69) is 24.2 Å². The minimum absolute atomic E-state index is 0.0355. The number of likely N-dealkylation sites (tertiary alicyclic amines) is 1. The quantitative estimate of drug-likeness (QED) is 0.680. The molecule has 1 fully saturated rings. The van der Waals surface area contributed by atoms with Crippen molar-refractivity contribution in [1.82, 2.24) is 4.90 Å². The fraction of sp³-hybridized carbons (Fsp3) is 0.600. The Morgan fingerprint density at radius 1 is 1.43 bits per heavy atom. The second kappa shape index (κ2) is 6.62. The lowest BCUT2D eigenvalue weighted by Crippen LogP contribution is -2.37. The lowest BCUT2D eigenvalue weighted by Gasteiger charge is -2.33. The Morgan fingerprint density at radius 2 is 2.05 bits per heavy atom. The summed E-state index contributed by atoms with van der Waals surface area (Å²) < 4.78 is 0. The van der Waals surface area contributed by atoms with Gasteiger partial charge in [-0.15, -0.1) is 0 Å². The Balaban J connectivity index is 2.09. The number of nitrogens with one attached hydrogen (secondary N) is 1. The molecule has 1 heterocycles. The van der Waals surface area contributed by atoms with Gasteiger partial charge in [0.1, 0.15) is 5.02 Å². The van der Waals surface area contributed by atoms with Crippen LogP contribution < -0.4 is 5.32 Å². The molecule has 1 aliphatic heterocycles. The maximum absolute atomic E-state index is 10.9. The number of piperidine rings is 1. The summed E-state index contributed by atoms with van der Waals surface area (Å²) in [7, 11) is 2.15. The number of aryl methyl sites for hydroxylation is 1. The van der Waals surface area contributed by atoms with E-state index in [-0.39, 0.29) is 10.7 Å². The zero-order valence-electron chi connectivity index (χ0n) is 12.7. The predicted molar refractivity (Wildman–Crippen MR) is 86.1 cm³/mol. The molecule has 0 spiro atoms. The minimum Gasteiger partial charge on any atom is -0.382 e. The van der Waals surface area contributed by atoms with E-state index in [1.165, 1.54) is 18.9 Å². The van der Waals surface area contributed by atoms with Gasteiger partial charge in [-0.3, -0.25) is 10.1 Å². The zero-order chi connectivity index (χ0) is 15.6. The van der Waals surface area contributed by atoms with Gasteiger partial charge >= 0.3 is 0 Å². The highest BCUT2D eigenvalue weighted by Gasteiger charge is 2.23. The number of anilines is 1. The number of nitrogens with zero attached hydrogens (tertiary/aromatic N) is 2. The van der Waals surface area contributed by atoms with E-state index < -0.39 is 4.92 Å². The first kappa shape index (κ1) is 16.0. The average Bonchev–Trinajstić information content (AvgIpc) is 2.42. The van der Waals surface area contributed by atoms with Crippen LogP contribution in [0.5, 0.6) is 0 Å². The first-order valence-corrected chi connectivity index (χ1v) is 7.66. The SMILES string of the molecule is Cc1cc([N+](=O)[O-])c(Cl)cc1NC(C)C1CCN(C)CC1. The number of nitro benzene ring substituents is 1. The summed E-state index contributed by atoms with van der Waals surface area (Å²) in [5.41, 5.74) is 1.70. The van der Waals surface area contributed by atoms with Crippen molar-refractivity contribution in [3.05, 3.63) is 32.8 Å². The van der Waals surface area contributed by atoms with Gasteiger partial charge in [-0.2, -0.15) is 0 Å². The summed E-state index contributed by atoms with van der Waals surface area (Å²) in [6, 6.07) is 3.53. The molecule has 0 bridgehead atoms. The number of hydrogen-bond donors (Lipinski definition) is 1. The monoisotopic (exact) mass is 311 g/mol. The molecule has 1 saturated heterocycles. The molecule has 0 aliphatic carbocycles. The summed E-state index contributed by atoms with van der Waals surface area (Å²) >= 11 is 6.00. The van der Waals surface area contributed by atoms with E-state index in [1.54, 1.807) is 6.07 Å². The molecule has 1 atom stereocenters. The standard InChI is InChI=1S/C15H22ClN3O2/c1-10-8-15(19(20)21)13(16)9-14(10)17-11(2)12-4-6-18(3)7-5-12/h8-9,11-12,17H,4-7H2,1-3H3. The molecule has 5 nitrogen and oxygen atoms in total. The van der Waals surface area contributed by atoms with Crippen LogP contribution in [-0.4, -0.2) is 36.0 Å². The highest BCUT2D eigenvalue weighted by atomic mass is 35.5. The topological polar surface area (TPSA) is 58.4 Å². The molecule has 0 aromatic heterocycles. The molecule has 2 rings (SSSR count). The maximum atomic E-state index is 10.9. The summed E-state index contributed by atoms with van der Waals surface area (Å²) in [5, 5.41) is 14.5. The second-order valence-electron chi connectivity index (χ2n) is 5.95. The van der Waals surface area contributed by atoms with Crippen LogP contribution in [0.1, 0.15) is 25.3 Å². The Hall–Kier alpha value is -1.33. The average molecular weight is 312 g/mol. The van der Waals surface area contributed by atoms with Crippen molar-refractivity contribution in [3.8, 4) is 0 Å². The van der Waals surface area contributed by atoms with Gasteiger partial charge in [0, 0.05) is 17.8 Å². The Morgan fingerprint density at radius 3 is 2.62 bits per heavy atom. The molecule has 116 valence electrons. The lowest BCUT2D eigenvalue weighted by molar-refractivity contribution is -0.384. The van der Waals surface area contributed by atoms with E-state index >= 15 is 0 Å². The van der Waals surface area contributed by atoms with Gasteiger partial charge in [-0.1, -0.05) is 11.6 Å². The van der Waals surface area contributed by atoms with Crippen molar-refractivity contribution >= 4 is 23.0 Å². The second-order valence-corrected chi connectivity index (χ2v) is 6.36. The summed E-state index contributed by atoms with van der Waals surface area (Å²) in [6.45, 7) is 6.28. The van der Waals surface area contributed by atoms with E-state index in [1.807, 2.05) is 6.92 Å². The third-order valence-electron chi connectivity index (χ3n) is 4.34. The number of halogens is 1. The Bertz CT molecular complexity index is 528. The lowest BCUT2D eigenvalue weighted by atomic mass is 9.90. The molecule has 1 aromatic rings. The van der Waals surface area contributed by atoms with Crippen LogP contribution in [0.15, 0.2) is 12.1 Å². The van der Waals surface area contributed by atoms with Gasteiger partial charge in [-0.25, -0.2) is 0 Å². The summed E-state index contributed by atoms with van der Waals surface area (Å²) in [4.78, 5) is 12.8. The van der Waals surface area contributed by atoms with Crippen LogP contribution in [0.2, 0.25) is 5.02 Å². The molecule has 0 saturated carbocycles. The number of rotatable bonds is 4.